The monoisotopic (exact) mass is 253 g/mol. The van der Waals surface area contributed by atoms with Crippen LogP contribution in [0.2, 0.25) is 0 Å². The first-order chi connectivity index (χ1) is 8.67. The average Bonchev–Trinajstić information content (AvgIpc) is 2.37. The summed E-state index contributed by atoms with van der Waals surface area (Å²) in [4.78, 5) is 26.0. The molecule has 1 aromatic rings. The molecule has 0 aliphatic rings. The van der Waals surface area contributed by atoms with E-state index < -0.39 is 12.0 Å². The number of amides is 2. The minimum Gasteiger partial charge on any atom is -0.488 e. The molecule has 0 spiro atoms. The van der Waals surface area contributed by atoms with Gasteiger partial charge >= 0.3 is 6.09 Å². The summed E-state index contributed by atoms with van der Waals surface area (Å²) in [6.45, 7) is 2.13. The van der Waals surface area contributed by atoms with Crippen molar-refractivity contribution in [2.45, 2.75) is 13.3 Å². The van der Waals surface area contributed by atoms with Gasteiger partial charge in [-0.25, -0.2) is 9.78 Å². The first-order valence-electron chi connectivity index (χ1n) is 5.47. The van der Waals surface area contributed by atoms with Gasteiger partial charge in [0.25, 0.3) is 5.88 Å². The van der Waals surface area contributed by atoms with Crippen LogP contribution in [0.3, 0.4) is 0 Å². The number of rotatable bonds is 5. The number of nitrogens with zero attached hydrogens (tertiary/aromatic N) is 1. The minimum absolute atomic E-state index is 0.00766. The molecule has 18 heavy (non-hydrogen) atoms. The van der Waals surface area contributed by atoms with Crippen molar-refractivity contribution in [3.05, 3.63) is 18.3 Å². The average molecular weight is 253 g/mol. The van der Waals surface area contributed by atoms with Crippen molar-refractivity contribution in [2.24, 2.45) is 5.73 Å². The van der Waals surface area contributed by atoms with Gasteiger partial charge in [-0.3, -0.25) is 10.1 Å². The maximum atomic E-state index is 11.3. The number of hydrogen-bond donors (Lipinski definition) is 2. The molecule has 1 rings (SSSR count). The number of ether oxygens (including phenoxy) is 2. The fraction of sp³-hybridized carbons (Fsp3) is 0.364. The zero-order chi connectivity index (χ0) is 13.4. The molecule has 2 amide bonds. The molecule has 7 nitrogen and oxygen atoms in total. The van der Waals surface area contributed by atoms with Crippen molar-refractivity contribution >= 4 is 12.0 Å². The molecule has 1 heterocycles. The first kappa shape index (κ1) is 13.9. The Labute approximate surface area is 104 Å². The minimum atomic E-state index is -0.939. The van der Waals surface area contributed by atoms with Crippen LogP contribution in [-0.2, 0) is 4.79 Å². The second kappa shape index (κ2) is 7.23. The molecule has 0 aromatic carbocycles. The molecule has 0 aliphatic carbocycles. The molecule has 0 atom stereocenters. The van der Waals surface area contributed by atoms with Crippen molar-refractivity contribution in [3.8, 4) is 11.6 Å². The molecule has 0 aliphatic heterocycles. The standard InChI is InChI=1S/C11H15N3O4/c1-2-6-17-8-4-3-5-13-10(8)18-11(16)14-9(15)7-12/h3-5H,2,6-7,12H2,1H3,(H,14,15,16). The molecule has 3 N–H and O–H groups in total. The van der Waals surface area contributed by atoms with Crippen molar-refractivity contribution in [3.63, 3.8) is 0 Å². The zero-order valence-corrected chi connectivity index (χ0v) is 10.0. The topological polar surface area (TPSA) is 104 Å². The third-order valence-electron chi connectivity index (χ3n) is 1.81. The van der Waals surface area contributed by atoms with E-state index in [0.717, 1.165) is 6.42 Å². The number of carbonyl (C=O) groups excluding carboxylic acids is 2. The Bertz CT molecular complexity index is 423. The smallest absolute Gasteiger partial charge is 0.420 e. The van der Waals surface area contributed by atoms with E-state index in [2.05, 4.69) is 4.98 Å². The molecule has 0 radical (unpaired) electrons. The lowest BCUT2D eigenvalue weighted by Gasteiger charge is -2.09. The van der Waals surface area contributed by atoms with Gasteiger partial charge in [0.1, 0.15) is 0 Å². The van der Waals surface area contributed by atoms with Crippen LogP contribution < -0.4 is 20.5 Å². The normalized spacial score (nSPS) is 9.67. The molecule has 0 unspecified atom stereocenters. The van der Waals surface area contributed by atoms with E-state index in [4.69, 9.17) is 15.2 Å². The van der Waals surface area contributed by atoms with Crippen LogP contribution in [0.4, 0.5) is 4.79 Å². The molecule has 0 saturated heterocycles. The molecule has 0 bridgehead atoms. The second-order valence-electron chi connectivity index (χ2n) is 3.30. The maximum Gasteiger partial charge on any atom is 0.420 e. The lowest BCUT2D eigenvalue weighted by atomic mass is 10.4. The number of carbonyl (C=O) groups is 2. The van der Waals surface area contributed by atoms with Gasteiger partial charge in [0, 0.05) is 6.20 Å². The van der Waals surface area contributed by atoms with Crippen LogP contribution in [0.5, 0.6) is 11.6 Å². The SMILES string of the molecule is CCCOc1cccnc1OC(=O)NC(=O)CN. The van der Waals surface area contributed by atoms with Crippen molar-refractivity contribution < 1.29 is 19.1 Å². The Balaban J connectivity index is 2.65. The summed E-state index contributed by atoms with van der Waals surface area (Å²) in [6.07, 6.45) is 1.32. The van der Waals surface area contributed by atoms with E-state index in [1.165, 1.54) is 6.20 Å². The van der Waals surface area contributed by atoms with Crippen molar-refractivity contribution in [1.29, 1.82) is 0 Å². The molecule has 1 aromatic heterocycles. The quantitative estimate of drug-likeness (QED) is 0.789. The lowest BCUT2D eigenvalue weighted by molar-refractivity contribution is -0.118. The highest BCUT2D eigenvalue weighted by molar-refractivity contribution is 5.93. The molecule has 0 fully saturated rings. The van der Waals surface area contributed by atoms with Gasteiger partial charge in [0.2, 0.25) is 5.91 Å². The van der Waals surface area contributed by atoms with Crippen LogP contribution in [0.25, 0.3) is 0 Å². The third-order valence-corrected chi connectivity index (χ3v) is 1.81. The van der Waals surface area contributed by atoms with Gasteiger partial charge in [0.15, 0.2) is 5.75 Å². The van der Waals surface area contributed by atoms with E-state index in [0.29, 0.717) is 12.4 Å². The van der Waals surface area contributed by atoms with E-state index in [9.17, 15) is 9.59 Å². The predicted octanol–water partition coefficient (Wildman–Crippen LogP) is 0.444. The van der Waals surface area contributed by atoms with Gasteiger partial charge in [-0.05, 0) is 18.6 Å². The van der Waals surface area contributed by atoms with Crippen molar-refractivity contribution in [1.82, 2.24) is 10.3 Å². The number of nitrogens with two attached hydrogens (primary N) is 1. The third kappa shape index (κ3) is 4.38. The van der Waals surface area contributed by atoms with Gasteiger partial charge in [-0.15, -0.1) is 0 Å². The summed E-state index contributed by atoms with van der Waals surface area (Å²) in [7, 11) is 0. The molecular formula is C11H15N3O4. The molecular weight excluding hydrogens is 238 g/mol. The van der Waals surface area contributed by atoms with Crippen LogP contribution in [0.15, 0.2) is 18.3 Å². The Kier molecular flexibility index (Phi) is 5.59. The Morgan fingerprint density at radius 3 is 2.94 bits per heavy atom. The fourth-order valence-electron chi connectivity index (χ4n) is 1.05. The first-order valence-corrected chi connectivity index (χ1v) is 5.47. The fourth-order valence-corrected chi connectivity index (χ4v) is 1.05. The summed E-state index contributed by atoms with van der Waals surface area (Å²) in [5.74, 6) is -0.282. The molecule has 98 valence electrons. The number of imide groups is 1. The van der Waals surface area contributed by atoms with Gasteiger partial charge in [-0.2, -0.15) is 0 Å². The van der Waals surface area contributed by atoms with E-state index >= 15 is 0 Å². The number of aromatic nitrogens is 1. The van der Waals surface area contributed by atoms with Crippen LogP contribution in [0.1, 0.15) is 13.3 Å². The Morgan fingerprint density at radius 1 is 1.50 bits per heavy atom. The van der Waals surface area contributed by atoms with E-state index in [1.54, 1.807) is 12.1 Å². The largest absolute Gasteiger partial charge is 0.488 e. The van der Waals surface area contributed by atoms with Gasteiger partial charge < -0.3 is 15.2 Å². The highest BCUT2D eigenvalue weighted by Crippen LogP contribution is 2.23. The maximum absolute atomic E-state index is 11.3. The Morgan fingerprint density at radius 2 is 2.28 bits per heavy atom. The number of nitrogens with one attached hydrogen (secondary N) is 1. The highest BCUT2D eigenvalue weighted by atomic mass is 16.6. The second-order valence-corrected chi connectivity index (χ2v) is 3.30. The lowest BCUT2D eigenvalue weighted by Crippen LogP contribution is -2.37. The van der Waals surface area contributed by atoms with Crippen LogP contribution in [0, 0.1) is 0 Å². The Hall–Kier alpha value is -2.15. The molecule has 7 heteroatoms. The zero-order valence-electron chi connectivity index (χ0n) is 10.0. The number of hydrogen-bond acceptors (Lipinski definition) is 6. The van der Waals surface area contributed by atoms with Crippen LogP contribution in [-0.4, -0.2) is 30.1 Å². The van der Waals surface area contributed by atoms with Gasteiger partial charge in [-0.1, -0.05) is 6.92 Å². The predicted molar refractivity (Wildman–Crippen MR) is 63.2 cm³/mol. The van der Waals surface area contributed by atoms with E-state index in [1.807, 2.05) is 12.2 Å². The summed E-state index contributed by atoms with van der Waals surface area (Å²) in [5.41, 5.74) is 5.05. The summed E-state index contributed by atoms with van der Waals surface area (Å²) in [6, 6.07) is 3.27. The summed E-state index contributed by atoms with van der Waals surface area (Å²) in [5, 5.41) is 1.94. The highest BCUT2D eigenvalue weighted by Gasteiger charge is 2.13. The van der Waals surface area contributed by atoms with Crippen LogP contribution >= 0.6 is 0 Å². The van der Waals surface area contributed by atoms with E-state index in [-0.39, 0.29) is 12.4 Å². The summed E-state index contributed by atoms with van der Waals surface area (Å²) < 4.78 is 10.2. The number of pyridine rings is 1. The van der Waals surface area contributed by atoms with Crippen molar-refractivity contribution in [2.75, 3.05) is 13.2 Å². The van der Waals surface area contributed by atoms with Gasteiger partial charge in [0.05, 0.1) is 13.2 Å². The summed E-state index contributed by atoms with van der Waals surface area (Å²) >= 11 is 0. The molecule has 0 saturated carbocycles.